The zero-order valence-corrected chi connectivity index (χ0v) is 21.5. The first-order valence-electron chi connectivity index (χ1n) is 12.6. The van der Waals surface area contributed by atoms with E-state index >= 15 is 0 Å². The maximum Gasteiger partial charge on any atom is 0.253 e. The largest absolute Gasteiger partial charge is 0.439 e. The van der Waals surface area contributed by atoms with Gasteiger partial charge in [-0.05, 0) is 61.8 Å². The number of nitrogens with zero attached hydrogens (tertiary/aromatic N) is 3. The Hall–Kier alpha value is -3.35. The molecule has 188 valence electrons. The lowest BCUT2D eigenvalue weighted by Gasteiger charge is -2.24. The molecule has 1 fully saturated rings. The molecule has 1 amide bonds. The Balaban J connectivity index is 1.88. The topological polar surface area (TPSA) is 107 Å². The van der Waals surface area contributed by atoms with Gasteiger partial charge in [0.15, 0.2) is 0 Å². The SMILES string of the molecule is CCCN(CCC(C)CC)C(=O)c1ccnc(-c2ccc(N)cc2OC(C=C(N)C2CC2)=NC)c1. The monoisotopic (exact) mass is 477 g/mol. The van der Waals surface area contributed by atoms with Crippen molar-refractivity contribution in [1.82, 2.24) is 9.88 Å². The molecule has 1 aromatic heterocycles. The van der Waals surface area contributed by atoms with Gasteiger partial charge in [-0.3, -0.25) is 14.8 Å². The van der Waals surface area contributed by atoms with Crippen LogP contribution in [0.15, 0.2) is 53.3 Å². The predicted molar refractivity (Wildman–Crippen MR) is 143 cm³/mol. The van der Waals surface area contributed by atoms with Crippen molar-refractivity contribution < 1.29 is 9.53 Å². The number of carbonyl (C=O) groups is 1. The highest BCUT2D eigenvalue weighted by atomic mass is 16.5. The summed E-state index contributed by atoms with van der Waals surface area (Å²) >= 11 is 0. The fraction of sp³-hybridized carbons (Fsp3) is 0.464. The molecule has 4 N–H and O–H groups in total. The van der Waals surface area contributed by atoms with Crippen LogP contribution in [0.1, 0.15) is 63.2 Å². The Labute approximate surface area is 209 Å². The van der Waals surface area contributed by atoms with E-state index in [1.54, 1.807) is 37.5 Å². The number of allylic oxidation sites excluding steroid dienone is 1. The van der Waals surface area contributed by atoms with Gasteiger partial charge in [0.2, 0.25) is 5.90 Å². The molecule has 1 aromatic carbocycles. The maximum atomic E-state index is 13.4. The number of nitrogen functional groups attached to an aromatic ring is 1. The highest BCUT2D eigenvalue weighted by Crippen LogP contribution is 2.35. The third kappa shape index (κ3) is 7.31. The Morgan fingerprint density at radius 2 is 2.03 bits per heavy atom. The molecule has 1 aliphatic rings. The molecule has 0 bridgehead atoms. The number of pyridine rings is 1. The summed E-state index contributed by atoms with van der Waals surface area (Å²) in [5.41, 5.74) is 15.5. The van der Waals surface area contributed by atoms with Crippen molar-refractivity contribution in [3.63, 3.8) is 0 Å². The van der Waals surface area contributed by atoms with Crippen molar-refractivity contribution in [2.75, 3.05) is 25.9 Å². The van der Waals surface area contributed by atoms with Gasteiger partial charge in [-0.25, -0.2) is 0 Å². The zero-order chi connectivity index (χ0) is 25.4. The van der Waals surface area contributed by atoms with Crippen molar-refractivity contribution in [2.24, 2.45) is 22.6 Å². The van der Waals surface area contributed by atoms with Gasteiger partial charge in [0, 0.05) is 61.0 Å². The van der Waals surface area contributed by atoms with Gasteiger partial charge < -0.3 is 21.1 Å². The van der Waals surface area contributed by atoms with Crippen LogP contribution < -0.4 is 16.2 Å². The summed E-state index contributed by atoms with van der Waals surface area (Å²) in [7, 11) is 1.66. The first-order valence-corrected chi connectivity index (χ1v) is 12.6. The van der Waals surface area contributed by atoms with Crippen LogP contribution in [0.25, 0.3) is 11.3 Å². The van der Waals surface area contributed by atoms with Crippen LogP contribution in [0.2, 0.25) is 0 Å². The third-order valence-corrected chi connectivity index (χ3v) is 6.43. The summed E-state index contributed by atoms with van der Waals surface area (Å²) < 4.78 is 6.12. The minimum Gasteiger partial charge on any atom is -0.439 e. The van der Waals surface area contributed by atoms with E-state index in [0.717, 1.165) is 56.5 Å². The van der Waals surface area contributed by atoms with E-state index < -0.39 is 0 Å². The van der Waals surface area contributed by atoms with Crippen LogP contribution >= 0.6 is 0 Å². The van der Waals surface area contributed by atoms with Crippen molar-refractivity contribution in [1.29, 1.82) is 0 Å². The lowest BCUT2D eigenvalue weighted by molar-refractivity contribution is 0.0746. The number of aliphatic imine (C=N–C) groups is 1. The molecule has 1 unspecified atom stereocenters. The van der Waals surface area contributed by atoms with Crippen molar-refractivity contribution in [3.05, 3.63) is 53.9 Å². The van der Waals surface area contributed by atoms with Gasteiger partial charge >= 0.3 is 0 Å². The first kappa shape index (κ1) is 26.3. The second-order valence-electron chi connectivity index (χ2n) is 9.36. The summed E-state index contributed by atoms with van der Waals surface area (Å²) in [4.78, 5) is 24.1. The van der Waals surface area contributed by atoms with Crippen LogP contribution in [0.5, 0.6) is 5.75 Å². The van der Waals surface area contributed by atoms with Crippen LogP contribution in [0.3, 0.4) is 0 Å². The van der Waals surface area contributed by atoms with E-state index in [9.17, 15) is 4.79 Å². The average molecular weight is 478 g/mol. The number of rotatable bonds is 11. The molecule has 0 radical (unpaired) electrons. The molecule has 7 heteroatoms. The van der Waals surface area contributed by atoms with Gasteiger partial charge in [0.1, 0.15) is 5.75 Å². The summed E-state index contributed by atoms with van der Waals surface area (Å²) in [6, 6.07) is 8.99. The number of carbonyl (C=O) groups excluding carboxylic acids is 1. The lowest BCUT2D eigenvalue weighted by atomic mass is 10.0. The van der Waals surface area contributed by atoms with Crippen LogP contribution in [-0.2, 0) is 0 Å². The van der Waals surface area contributed by atoms with E-state index in [2.05, 4.69) is 30.7 Å². The predicted octanol–water partition coefficient (Wildman–Crippen LogP) is 5.28. The molecule has 3 rings (SSSR count). The van der Waals surface area contributed by atoms with Gasteiger partial charge in [0.25, 0.3) is 5.91 Å². The molecule has 0 saturated heterocycles. The van der Waals surface area contributed by atoms with E-state index in [0.29, 0.717) is 40.4 Å². The van der Waals surface area contributed by atoms with E-state index in [-0.39, 0.29) is 5.91 Å². The first-order chi connectivity index (χ1) is 16.9. The smallest absolute Gasteiger partial charge is 0.253 e. The Kier molecular flexibility index (Phi) is 9.29. The number of amides is 1. The Morgan fingerprint density at radius 1 is 1.26 bits per heavy atom. The Morgan fingerprint density at radius 3 is 2.69 bits per heavy atom. The molecule has 2 aromatic rings. The highest BCUT2D eigenvalue weighted by Gasteiger charge is 2.25. The second-order valence-corrected chi connectivity index (χ2v) is 9.36. The number of benzene rings is 1. The number of anilines is 1. The molecule has 1 aliphatic carbocycles. The molecule has 1 heterocycles. The zero-order valence-electron chi connectivity index (χ0n) is 21.5. The molecule has 35 heavy (non-hydrogen) atoms. The summed E-state index contributed by atoms with van der Waals surface area (Å²) in [5.74, 6) is 1.94. The fourth-order valence-electron chi connectivity index (χ4n) is 3.82. The van der Waals surface area contributed by atoms with E-state index in [1.807, 2.05) is 17.0 Å². The standard InChI is InChI=1S/C28H39N5O2/c1-5-14-33(15-12-19(3)6-2)28(34)21-11-13-32-25(16-21)23-10-9-22(29)17-26(23)35-27(31-4)18-24(30)20-7-8-20/h9-11,13,16-20H,5-8,12,14-15,29-30H2,1-4H3. The van der Waals surface area contributed by atoms with Gasteiger partial charge in [0.05, 0.1) is 5.69 Å². The number of nitrogens with two attached hydrogens (primary N) is 2. The van der Waals surface area contributed by atoms with Crippen LogP contribution in [-0.4, -0.2) is 41.8 Å². The van der Waals surface area contributed by atoms with Gasteiger partial charge in [-0.1, -0.05) is 27.2 Å². The number of hydrogen-bond acceptors (Lipinski definition) is 6. The number of hydrogen-bond donors (Lipinski definition) is 2. The molecule has 0 spiro atoms. The molecular formula is C28H39N5O2. The molecular weight excluding hydrogens is 438 g/mol. The molecule has 7 nitrogen and oxygen atoms in total. The second kappa shape index (κ2) is 12.4. The summed E-state index contributed by atoms with van der Waals surface area (Å²) in [6.07, 6.45) is 8.65. The summed E-state index contributed by atoms with van der Waals surface area (Å²) in [5, 5.41) is 0. The number of aromatic nitrogens is 1. The minimum atomic E-state index is 0.0210. The summed E-state index contributed by atoms with van der Waals surface area (Å²) in [6.45, 7) is 7.98. The average Bonchev–Trinajstić information content (AvgIpc) is 3.71. The minimum absolute atomic E-state index is 0.0210. The normalized spacial score (nSPS) is 15.1. The fourth-order valence-corrected chi connectivity index (χ4v) is 3.82. The number of ether oxygens (including phenoxy) is 1. The molecule has 1 atom stereocenters. The maximum absolute atomic E-state index is 13.4. The van der Waals surface area contributed by atoms with Crippen LogP contribution in [0.4, 0.5) is 5.69 Å². The third-order valence-electron chi connectivity index (χ3n) is 6.43. The van der Waals surface area contributed by atoms with E-state index in [1.165, 1.54) is 0 Å². The van der Waals surface area contributed by atoms with E-state index in [4.69, 9.17) is 16.2 Å². The van der Waals surface area contributed by atoms with Crippen molar-refractivity contribution in [2.45, 2.75) is 52.9 Å². The van der Waals surface area contributed by atoms with Crippen molar-refractivity contribution >= 4 is 17.5 Å². The van der Waals surface area contributed by atoms with Crippen molar-refractivity contribution in [3.8, 4) is 17.0 Å². The van der Waals surface area contributed by atoms with Gasteiger partial charge in [-0.15, -0.1) is 0 Å². The van der Waals surface area contributed by atoms with Crippen LogP contribution in [0, 0.1) is 11.8 Å². The molecule has 1 saturated carbocycles. The quantitative estimate of drug-likeness (QED) is 0.260. The van der Waals surface area contributed by atoms with Gasteiger partial charge in [-0.2, -0.15) is 0 Å². The molecule has 0 aliphatic heterocycles. The Bertz CT molecular complexity index is 1070. The highest BCUT2D eigenvalue weighted by molar-refractivity contribution is 5.96. The lowest BCUT2D eigenvalue weighted by Crippen LogP contribution is -2.33.